The number of benzene rings is 3. The third-order valence-electron chi connectivity index (χ3n) is 4.50. The molecule has 0 aliphatic carbocycles. The highest BCUT2D eigenvalue weighted by atomic mass is 32.2. The normalized spacial score (nSPS) is 11.3. The van der Waals surface area contributed by atoms with Crippen molar-refractivity contribution in [1.29, 1.82) is 0 Å². The molecule has 8 heteroatoms. The monoisotopic (exact) mass is 425 g/mol. The van der Waals surface area contributed by atoms with Gasteiger partial charge in [0.05, 0.1) is 24.2 Å². The number of hydrazine groups is 1. The van der Waals surface area contributed by atoms with Crippen LogP contribution >= 0.6 is 0 Å². The predicted molar refractivity (Wildman–Crippen MR) is 115 cm³/mol. The number of carbonyl (C=O) groups excluding carboxylic acids is 1. The van der Waals surface area contributed by atoms with Gasteiger partial charge < -0.3 is 0 Å². The fraction of sp³-hybridized carbons (Fsp3) is 0.136. The zero-order valence-electron chi connectivity index (χ0n) is 16.7. The molecule has 0 radical (unpaired) electrons. The average Bonchev–Trinajstić information content (AvgIpc) is 2.79. The molecule has 30 heavy (non-hydrogen) atoms. The molecule has 0 aliphatic heterocycles. The Morgan fingerprint density at radius 3 is 2.03 bits per heavy atom. The summed E-state index contributed by atoms with van der Waals surface area (Å²) in [5.41, 5.74) is 5.10. The van der Waals surface area contributed by atoms with Gasteiger partial charge in [-0.3, -0.25) is 20.1 Å². The second-order valence-corrected chi connectivity index (χ2v) is 8.41. The quantitative estimate of drug-likeness (QED) is 0.561. The highest BCUT2D eigenvalue weighted by Gasteiger charge is 2.21. The van der Waals surface area contributed by atoms with Crippen LogP contribution in [0.25, 0.3) is 0 Å². The molecule has 0 heterocycles. The topological polar surface area (TPSA) is 78.9 Å². The summed E-state index contributed by atoms with van der Waals surface area (Å²) in [5, 5.41) is 1.75. The molecule has 0 aliphatic rings. The van der Waals surface area contributed by atoms with Crippen LogP contribution in [0.3, 0.4) is 0 Å². The van der Waals surface area contributed by atoms with Gasteiger partial charge in [0.15, 0.2) is 0 Å². The smallest absolute Gasteiger partial charge is 0.269 e. The number of hydrogen-bond donors (Lipinski definition) is 1. The number of nitrogens with one attached hydrogen (secondary N) is 1. The maximum absolute atomic E-state index is 12.8. The van der Waals surface area contributed by atoms with Gasteiger partial charge in [-0.05, 0) is 42.0 Å². The molecule has 3 aromatic carbocycles. The molecular formula is C22H23N3O4S. The number of hydrogen-bond acceptors (Lipinski definition) is 5. The number of carbonyl (C=O) groups is 1. The summed E-state index contributed by atoms with van der Waals surface area (Å²) in [4.78, 5) is 17.6. The molecule has 0 spiro atoms. The van der Waals surface area contributed by atoms with Crippen molar-refractivity contribution in [1.82, 2.24) is 9.89 Å². The molecule has 0 saturated carbocycles. The first kappa shape index (κ1) is 21.5. The number of nitrogens with zero attached hydrogens (tertiary/aromatic N) is 2. The van der Waals surface area contributed by atoms with Crippen LogP contribution in [-0.4, -0.2) is 33.0 Å². The standard InChI is InChI=1S/C22H23N3O4S/c1-24(29-2)30(27,28)21-15-13-19(14-16-21)22(26)23-25(20-11-7-4-8-12-20)17-18-9-5-3-6-10-18/h3-16H,17H2,1-2H3,(H,23,26). The molecule has 0 unspecified atom stereocenters. The molecule has 3 aromatic rings. The van der Waals surface area contributed by atoms with E-state index in [0.717, 1.165) is 15.7 Å². The minimum absolute atomic E-state index is 0.0348. The van der Waals surface area contributed by atoms with Gasteiger partial charge in [-0.25, -0.2) is 8.42 Å². The van der Waals surface area contributed by atoms with E-state index in [0.29, 0.717) is 12.1 Å². The molecule has 1 amide bonds. The number of anilines is 1. The van der Waals surface area contributed by atoms with Gasteiger partial charge in [0.2, 0.25) is 0 Å². The Hall–Kier alpha value is -3.20. The van der Waals surface area contributed by atoms with Gasteiger partial charge in [-0.15, -0.1) is 0 Å². The van der Waals surface area contributed by atoms with E-state index in [2.05, 4.69) is 5.43 Å². The zero-order chi connectivity index (χ0) is 21.6. The molecule has 1 N–H and O–H groups in total. The molecule has 0 fully saturated rings. The van der Waals surface area contributed by atoms with Gasteiger partial charge in [0, 0.05) is 12.6 Å². The SMILES string of the molecule is CON(C)S(=O)(=O)c1ccc(C(=O)NN(Cc2ccccc2)c2ccccc2)cc1. The van der Waals surface area contributed by atoms with Crippen molar-refractivity contribution in [3.63, 3.8) is 0 Å². The van der Waals surface area contributed by atoms with E-state index in [1.165, 1.54) is 38.4 Å². The number of amides is 1. The third-order valence-corrected chi connectivity index (χ3v) is 6.19. The predicted octanol–water partition coefficient (Wildman–Crippen LogP) is 3.22. The number of hydroxylamine groups is 1. The second-order valence-electron chi connectivity index (χ2n) is 6.47. The third kappa shape index (κ3) is 5.04. The maximum atomic E-state index is 12.8. The first-order valence-corrected chi connectivity index (χ1v) is 10.7. The van der Waals surface area contributed by atoms with Gasteiger partial charge >= 0.3 is 0 Å². The van der Waals surface area contributed by atoms with Crippen molar-refractivity contribution in [2.24, 2.45) is 0 Å². The lowest BCUT2D eigenvalue weighted by atomic mass is 10.2. The van der Waals surface area contributed by atoms with Gasteiger partial charge in [-0.2, -0.15) is 0 Å². The van der Waals surface area contributed by atoms with E-state index in [1.807, 2.05) is 60.7 Å². The van der Waals surface area contributed by atoms with Gasteiger partial charge in [0.25, 0.3) is 15.9 Å². The number of para-hydroxylation sites is 1. The van der Waals surface area contributed by atoms with Crippen LogP contribution in [0.5, 0.6) is 0 Å². The van der Waals surface area contributed by atoms with Gasteiger partial charge in [-0.1, -0.05) is 53.0 Å². The van der Waals surface area contributed by atoms with Crippen LogP contribution < -0.4 is 10.4 Å². The molecule has 156 valence electrons. The number of sulfonamides is 1. The van der Waals surface area contributed by atoms with Crippen LogP contribution in [0.4, 0.5) is 5.69 Å². The Balaban J connectivity index is 1.80. The highest BCUT2D eigenvalue weighted by molar-refractivity contribution is 7.89. The summed E-state index contributed by atoms with van der Waals surface area (Å²) in [6, 6.07) is 25.0. The fourth-order valence-corrected chi connectivity index (χ4v) is 3.75. The Labute approximate surface area is 176 Å². The molecule has 7 nitrogen and oxygen atoms in total. The Morgan fingerprint density at radius 2 is 1.47 bits per heavy atom. The lowest BCUT2D eigenvalue weighted by Gasteiger charge is -2.25. The van der Waals surface area contributed by atoms with Crippen LogP contribution in [0.15, 0.2) is 89.8 Å². The largest absolute Gasteiger partial charge is 0.288 e. The van der Waals surface area contributed by atoms with E-state index in [1.54, 1.807) is 5.01 Å². The van der Waals surface area contributed by atoms with Crippen LogP contribution in [0, 0.1) is 0 Å². The van der Waals surface area contributed by atoms with E-state index in [9.17, 15) is 13.2 Å². The van der Waals surface area contributed by atoms with Crippen LogP contribution in [-0.2, 0) is 21.4 Å². The van der Waals surface area contributed by atoms with Crippen LogP contribution in [0.1, 0.15) is 15.9 Å². The lowest BCUT2D eigenvalue weighted by molar-refractivity contribution is -0.0258. The average molecular weight is 426 g/mol. The second kappa shape index (κ2) is 9.53. The molecule has 0 aromatic heterocycles. The van der Waals surface area contributed by atoms with Crippen LogP contribution in [0.2, 0.25) is 0 Å². The van der Waals surface area contributed by atoms with Crippen molar-refractivity contribution >= 4 is 21.6 Å². The minimum atomic E-state index is -3.77. The summed E-state index contributed by atoms with van der Waals surface area (Å²) in [6.45, 7) is 0.474. The number of rotatable bonds is 8. The lowest BCUT2D eigenvalue weighted by Crippen LogP contribution is -2.42. The summed E-state index contributed by atoms with van der Waals surface area (Å²) in [7, 11) is -1.20. The van der Waals surface area contributed by atoms with E-state index in [-0.39, 0.29) is 10.8 Å². The summed E-state index contributed by atoms with van der Waals surface area (Å²) >= 11 is 0. The summed E-state index contributed by atoms with van der Waals surface area (Å²) < 4.78 is 25.4. The first-order valence-electron chi connectivity index (χ1n) is 9.22. The highest BCUT2D eigenvalue weighted by Crippen LogP contribution is 2.17. The van der Waals surface area contributed by atoms with Crippen molar-refractivity contribution in [3.8, 4) is 0 Å². The van der Waals surface area contributed by atoms with Crippen molar-refractivity contribution < 1.29 is 18.0 Å². The van der Waals surface area contributed by atoms with Crippen molar-refractivity contribution in [3.05, 3.63) is 96.1 Å². The molecule has 0 atom stereocenters. The Morgan fingerprint density at radius 1 is 0.900 bits per heavy atom. The molecule has 3 rings (SSSR count). The van der Waals surface area contributed by atoms with E-state index >= 15 is 0 Å². The van der Waals surface area contributed by atoms with E-state index in [4.69, 9.17) is 4.84 Å². The first-order chi connectivity index (χ1) is 14.4. The summed E-state index contributed by atoms with van der Waals surface area (Å²) in [6.07, 6.45) is 0. The molecular weight excluding hydrogens is 402 g/mol. The molecule has 0 saturated heterocycles. The van der Waals surface area contributed by atoms with E-state index < -0.39 is 10.0 Å². The fourth-order valence-electron chi connectivity index (χ4n) is 2.78. The van der Waals surface area contributed by atoms with Crippen molar-refractivity contribution in [2.75, 3.05) is 19.2 Å². The summed E-state index contributed by atoms with van der Waals surface area (Å²) in [5.74, 6) is -0.348. The molecule has 0 bridgehead atoms. The Bertz CT molecular complexity index is 1070. The zero-order valence-corrected chi connectivity index (χ0v) is 17.5. The Kier molecular flexibility index (Phi) is 6.83. The maximum Gasteiger partial charge on any atom is 0.269 e. The minimum Gasteiger partial charge on any atom is -0.288 e. The van der Waals surface area contributed by atoms with Crippen molar-refractivity contribution in [2.45, 2.75) is 11.4 Å². The van der Waals surface area contributed by atoms with Gasteiger partial charge in [0.1, 0.15) is 0 Å².